The second kappa shape index (κ2) is 8.00. The van der Waals surface area contributed by atoms with Crippen molar-refractivity contribution in [1.29, 1.82) is 0 Å². The number of ether oxygens (including phenoxy) is 1. The van der Waals surface area contributed by atoms with Gasteiger partial charge in [0.15, 0.2) is 0 Å². The molecule has 0 bridgehead atoms. The summed E-state index contributed by atoms with van der Waals surface area (Å²) in [5.74, 6) is 0.875. The lowest BCUT2D eigenvalue weighted by Crippen LogP contribution is -2.39. The van der Waals surface area contributed by atoms with Gasteiger partial charge >= 0.3 is 0 Å². The van der Waals surface area contributed by atoms with Crippen molar-refractivity contribution >= 4 is 5.91 Å². The van der Waals surface area contributed by atoms with Gasteiger partial charge in [-0.15, -0.1) is 0 Å². The van der Waals surface area contributed by atoms with Crippen LogP contribution in [0.4, 0.5) is 0 Å². The van der Waals surface area contributed by atoms with Gasteiger partial charge in [0.2, 0.25) is 5.91 Å². The molecule has 2 rings (SSSR count). The number of hydrogen-bond acceptors (Lipinski definition) is 4. The number of nitrogens with zero attached hydrogens (tertiary/aromatic N) is 1. The Labute approximate surface area is 126 Å². The van der Waals surface area contributed by atoms with Crippen molar-refractivity contribution in [2.45, 2.75) is 19.4 Å². The van der Waals surface area contributed by atoms with E-state index in [9.17, 15) is 4.79 Å². The maximum Gasteiger partial charge on any atom is 0.234 e. The van der Waals surface area contributed by atoms with E-state index in [4.69, 9.17) is 4.74 Å². The quantitative estimate of drug-likeness (QED) is 0.855. The minimum atomic E-state index is -0.0567. The lowest BCUT2D eigenvalue weighted by molar-refractivity contribution is -0.122. The smallest absolute Gasteiger partial charge is 0.234 e. The second-order valence-corrected chi connectivity index (χ2v) is 5.41. The highest BCUT2D eigenvalue weighted by Crippen LogP contribution is 2.24. The van der Waals surface area contributed by atoms with Crippen molar-refractivity contribution in [3.63, 3.8) is 0 Å². The molecule has 5 heteroatoms. The molecule has 1 atom stereocenters. The Morgan fingerprint density at radius 3 is 3.00 bits per heavy atom. The number of carbonyl (C=O) groups is 1. The van der Waals surface area contributed by atoms with Crippen molar-refractivity contribution in [3.05, 3.63) is 29.8 Å². The average Bonchev–Trinajstić information content (AvgIpc) is 2.75. The minimum absolute atomic E-state index is 0.0567. The molecule has 0 saturated carbocycles. The molecule has 5 nitrogen and oxygen atoms in total. The van der Waals surface area contributed by atoms with Gasteiger partial charge in [0, 0.05) is 18.7 Å². The summed E-state index contributed by atoms with van der Waals surface area (Å²) in [4.78, 5) is 14.4. The van der Waals surface area contributed by atoms with Gasteiger partial charge in [-0.05, 0) is 32.5 Å². The molecule has 1 fully saturated rings. The van der Waals surface area contributed by atoms with Crippen molar-refractivity contribution in [3.8, 4) is 5.75 Å². The molecule has 0 spiro atoms. The molecule has 1 saturated heterocycles. The van der Waals surface area contributed by atoms with Crippen molar-refractivity contribution in [2.24, 2.45) is 0 Å². The Morgan fingerprint density at radius 1 is 1.38 bits per heavy atom. The molecular formula is C16H25N3O2. The van der Waals surface area contributed by atoms with Crippen molar-refractivity contribution in [1.82, 2.24) is 15.5 Å². The van der Waals surface area contributed by atoms with Gasteiger partial charge in [0.1, 0.15) is 5.75 Å². The first-order valence-corrected chi connectivity index (χ1v) is 7.56. The van der Waals surface area contributed by atoms with Crippen LogP contribution < -0.4 is 15.4 Å². The first-order valence-electron chi connectivity index (χ1n) is 7.56. The Morgan fingerprint density at radius 2 is 2.19 bits per heavy atom. The molecule has 1 aliphatic heterocycles. The van der Waals surface area contributed by atoms with Crippen LogP contribution in [0.1, 0.15) is 24.9 Å². The predicted octanol–water partition coefficient (Wildman–Crippen LogP) is 1.17. The van der Waals surface area contributed by atoms with E-state index in [2.05, 4.69) is 15.5 Å². The first kappa shape index (κ1) is 15.8. The van der Waals surface area contributed by atoms with Gasteiger partial charge < -0.3 is 15.4 Å². The third-order valence-corrected chi connectivity index (χ3v) is 3.78. The Kier molecular flexibility index (Phi) is 6.02. The van der Waals surface area contributed by atoms with Crippen LogP contribution >= 0.6 is 0 Å². The van der Waals surface area contributed by atoms with Crippen LogP contribution in [0.2, 0.25) is 0 Å². The molecule has 1 heterocycles. The van der Waals surface area contributed by atoms with Crippen LogP contribution in [-0.2, 0) is 4.79 Å². The van der Waals surface area contributed by atoms with E-state index in [0.29, 0.717) is 6.54 Å². The summed E-state index contributed by atoms with van der Waals surface area (Å²) in [5, 5.41) is 6.40. The molecule has 1 aromatic carbocycles. The Hall–Kier alpha value is -1.59. The zero-order chi connectivity index (χ0) is 15.1. The number of methoxy groups -OCH3 is 1. The number of para-hydroxylation sites is 1. The average molecular weight is 291 g/mol. The summed E-state index contributed by atoms with van der Waals surface area (Å²) >= 11 is 0. The number of benzene rings is 1. The highest BCUT2D eigenvalue weighted by molar-refractivity contribution is 5.78. The van der Waals surface area contributed by atoms with Crippen LogP contribution in [-0.4, -0.2) is 50.6 Å². The van der Waals surface area contributed by atoms with Crippen LogP contribution in [0.15, 0.2) is 24.3 Å². The van der Waals surface area contributed by atoms with Crippen molar-refractivity contribution in [2.75, 3.05) is 39.8 Å². The van der Waals surface area contributed by atoms with Gasteiger partial charge in [-0.3, -0.25) is 9.69 Å². The fraction of sp³-hybridized carbons (Fsp3) is 0.562. The lowest BCUT2D eigenvalue weighted by Gasteiger charge is -2.21. The molecule has 2 N–H and O–H groups in total. The normalized spacial score (nSPS) is 17.8. The van der Waals surface area contributed by atoms with Crippen LogP contribution in [0.5, 0.6) is 5.75 Å². The fourth-order valence-electron chi connectivity index (χ4n) is 2.65. The highest BCUT2D eigenvalue weighted by Gasteiger charge is 2.16. The highest BCUT2D eigenvalue weighted by atomic mass is 16.5. The van der Waals surface area contributed by atoms with Crippen molar-refractivity contribution < 1.29 is 9.53 Å². The minimum Gasteiger partial charge on any atom is -0.496 e. The molecule has 1 aliphatic rings. The summed E-state index contributed by atoms with van der Waals surface area (Å²) in [6.07, 6.45) is 1.09. The third-order valence-electron chi connectivity index (χ3n) is 3.78. The molecule has 21 heavy (non-hydrogen) atoms. The van der Waals surface area contributed by atoms with E-state index in [1.54, 1.807) is 7.11 Å². The van der Waals surface area contributed by atoms with Gasteiger partial charge in [0.25, 0.3) is 0 Å². The molecule has 0 radical (unpaired) electrons. The Bertz CT molecular complexity index is 457. The number of nitrogens with one attached hydrogen (secondary N) is 2. The van der Waals surface area contributed by atoms with E-state index in [1.807, 2.05) is 31.2 Å². The summed E-state index contributed by atoms with van der Waals surface area (Å²) < 4.78 is 5.34. The number of hydrogen-bond donors (Lipinski definition) is 2. The SMILES string of the molecule is COc1ccccc1[C@@H](C)NC(=O)CN1CCCNCC1. The molecule has 0 aromatic heterocycles. The summed E-state index contributed by atoms with van der Waals surface area (Å²) in [5.41, 5.74) is 1.01. The van der Waals surface area contributed by atoms with E-state index in [0.717, 1.165) is 43.9 Å². The van der Waals surface area contributed by atoms with E-state index in [1.165, 1.54) is 0 Å². The Balaban J connectivity index is 1.89. The van der Waals surface area contributed by atoms with E-state index >= 15 is 0 Å². The monoisotopic (exact) mass is 291 g/mol. The zero-order valence-electron chi connectivity index (χ0n) is 12.9. The predicted molar refractivity (Wildman–Crippen MR) is 83.5 cm³/mol. The number of amides is 1. The van der Waals surface area contributed by atoms with Crippen LogP contribution in [0.25, 0.3) is 0 Å². The summed E-state index contributed by atoms with van der Waals surface area (Å²) in [6, 6.07) is 7.74. The fourth-order valence-corrected chi connectivity index (χ4v) is 2.65. The first-order chi connectivity index (χ1) is 10.2. The largest absolute Gasteiger partial charge is 0.496 e. The molecule has 1 amide bonds. The van der Waals surface area contributed by atoms with Gasteiger partial charge in [-0.2, -0.15) is 0 Å². The van der Waals surface area contributed by atoms with Gasteiger partial charge in [-0.1, -0.05) is 18.2 Å². The maximum atomic E-state index is 12.2. The molecule has 0 aliphatic carbocycles. The van der Waals surface area contributed by atoms with Crippen LogP contribution in [0.3, 0.4) is 0 Å². The number of rotatable bonds is 5. The van der Waals surface area contributed by atoms with E-state index < -0.39 is 0 Å². The van der Waals surface area contributed by atoms with Gasteiger partial charge in [-0.25, -0.2) is 0 Å². The lowest BCUT2D eigenvalue weighted by atomic mass is 10.1. The second-order valence-electron chi connectivity index (χ2n) is 5.41. The topological polar surface area (TPSA) is 53.6 Å². The third kappa shape index (κ3) is 4.72. The molecular weight excluding hydrogens is 266 g/mol. The maximum absolute atomic E-state index is 12.2. The zero-order valence-corrected chi connectivity index (χ0v) is 12.9. The number of carbonyl (C=O) groups excluding carboxylic acids is 1. The molecule has 0 unspecified atom stereocenters. The van der Waals surface area contributed by atoms with E-state index in [-0.39, 0.29) is 11.9 Å². The standard InChI is InChI=1S/C16H25N3O2/c1-13(14-6-3-4-7-15(14)21-2)18-16(20)12-19-10-5-8-17-9-11-19/h3-4,6-7,13,17H,5,8-12H2,1-2H3,(H,18,20)/t13-/m1/s1. The summed E-state index contributed by atoms with van der Waals surface area (Å²) in [7, 11) is 1.65. The summed E-state index contributed by atoms with van der Waals surface area (Å²) in [6.45, 7) is 6.34. The van der Waals surface area contributed by atoms with Crippen LogP contribution in [0, 0.1) is 0 Å². The molecule has 1 aromatic rings. The van der Waals surface area contributed by atoms with Gasteiger partial charge in [0.05, 0.1) is 19.7 Å². The molecule has 116 valence electrons.